The van der Waals surface area contributed by atoms with Gasteiger partial charge in [-0.3, -0.25) is 9.59 Å². The molecule has 0 aliphatic rings. The van der Waals surface area contributed by atoms with Crippen molar-refractivity contribution < 1.29 is 19.1 Å². The molecule has 68 heavy (non-hydrogen) atoms. The van der Waals surface area contributed by atoms with Crippen molar-refractivity contribution in [2.75, 3.05) is 65.6 Å². The molecule has 0 radical (unpaired) electrons. The Kier molecular flexibility index (Phi) is 54.1. The van der Waals surface area contributed by atoms with Crippen LogP contribution < -0.4 is 11.5 Å². The average molecular weight is 964 g/mol. The molecule has 0 bridgehead atoms. The summed E-state index contributed by atoms with van der Waals surface area (Å²) in [6, 6.07) is 0. The molecule has 4 N–H and O–H groups in total. The first-order chi connectivity index (χ1) is 33.4. The fourth-order valence-corrected chi connectivity index (χ4v) is 9.93. The van der Waals surface area contributed by atoms with Crippen LogP contribution in [0.15, 0.2) is 0 Å². The summed E-state index contributed by atoms with van der Waals surface area (Å²) < 4.78 is 11.9. The molecule has 0 aromatic rings. The number of hydrogen-bond acceptors (Lipinski definition) is 8. The number of ether oxygens (including phenoxy) is 2. The summed E-state index contributed by atoms with van der Waals surface area (Å²) in [4.78, 5) is 30.9. The van der Waals surface area contributed by atoms with Crippen LogP contribution in [0, 0.1) is 11.8 Å². The van der Waals surface area contributed by atoms with Crippen molar-refractivity contribution in [2.45, 2.75) is 297 Å². The maximum absolute atomic E-state index is 12.9. The van der Waals surface area contributed by atoms with Gasteiger partial charge in [0, 0.05) is 12.8 Å². The molecule has 0 rings (SSSR count). The van der Waals surface area contributed by atoms with Crippen molar-refractivity contribution in [2.24, 2.45) is 23.3 Å². The standard InChI is InChI=1S/C60H122N4O4/c1-5-9-13-17-21-23-27-31-43-57(41-29-25-19-15-11-7-3)55-67-59(65)45-33-35-49-63(53-39-47-61)51-37-38-52-64(54-40-48-62)50-36-34-46-60(66)68-56-58(42-30-26-20-16-12-8-4)44-32-28-24-22-18-14-10-6-2/h57-58H,5-56,61-62H2,1-4H3. The van der Waals surface area contributed by atoms with Gasteiger partial charge >= 0.3 is 11.9 Å². The first kappa shape index (κ1) is 66.8. The Bertz CT molecular complexity index is 938. The number of esters is 2. The lowest BCUT2D eigenvalue weighted by Gasteiger charge is -2.24. The number of hydrogen-bond donors (Lipinski definition) is 2. The Balaban J connectivity index is 4.65. The van der Waals surface area contributed by atoms with E-state index in [4.69, 9.17) is 20.9 Å². The van der Waals surface area contributed by atoms with Crippen LogP contribution in [-0.4, -0.2) is 87.3 Å². The molecule has 0 saturated carbocycles. The van der Waals surface area contributed by atoms with E-state index < -0.39 is 0 Å². The van der Waals surface area contributed by atoms with Gasteiger partial charge in [0.2, 0.25) is 0 Å². The number of rotatable bonds is 57. The first-order valence-electron chi connectivity index (χ1n) is 30.6. The number of nitrogens with two attached hydrogens (primary N) is 2. The Morgan fingerprint density at radius 3 is 0.824 bits per heavy atom. The molecular weight excluding hydrogens is 841 g/mol. The van der Waals surface area contributed by atoms with E-state index in [-0.39, 0.29) is 11.9 Å². The van der Waals surface area contributed by atoms with Crippen LogP contribution in [0.25, 0.3) is 0 Å². The van der Waals surface area contributed by atoms with E-state index >= 15 is 0 Å². The molecule has 0 aliphatic carbocycles. The van der Waals surface area contributed by atoms with Gasteiger partial charge in [-0.15, -0.1) is 0 Å². The van der Waals surface area contributed by atoms with E-state index in [1.54, 1.807) is 0 Å². The van der Waals surface area contributed by atoms with Gasteiger partial charge in [-0.25, -0.2) is 0 Å². The van der Waals surface area contributed by atoms with Gasteiger partial charge in [0.25, 0.3) is 0 Å². The minimum absolute atomic E-state index is 0.00590. The third-order valence-corrected chi connectivity index (χ3v) is 14.6. The minimum Gasteiger partial charge on any atom is -0.465 e. The van der Waals surface area contributed by atoms with Gasteiger partial charge in [-0.2, -0.15) is 0 Å². The number of carbonyl (C=O) groups excluding carboxylic acids is 2. The predicted molar refractivity (Wildman–Crippen MR) is 296 cm³/mol. The largest absolute Gasteiger partial charge is 0.465 e. The summed E-state index contributed by atoms with van der Waals surface area (Å²) in [5.41, 5.74) is 11.9. The zero-order chi connectivity index (χ0) is 49.6. The average Bonchev–Trinajstić information content (AvgIpc) is 3.34. The topological polar surface area (TPSA) is 111 Å². The summed E-state index contributed by atoms with van der Waals surface area (Å²) in [6.07, 6.45) is 51.3. The van der Waals surface area contributed by atoms with Crippen LogP contribution in [0.3, 0.4) is 0 Å². The minimum atomic E-state index is -0.00590. The van der Waals surface area contributed by atoms with Crippen molar-refractivity contribution in [1.29, 1.82) is 0 Å². The molecule has 8 heteroatoms. The van der Waals surface area contributed by atoms with Crippen LogP contribution in [0.1, 0.15) is 297 Å². The number of unbranched alkanes of at least 4 members (excludes halogenated alkanes) is 27. The maximum Gasteiger partial charge on any atom is 0.305 e. The Morgan fingerprint density at radius 1 is 0.324 bits per heavy atom. The van der Waals surface area contributed by atoms with Crippen LogP contribution >= 0.6 is 0 Å². The van der Waals surface area contributed by atoms with Gasteiger partial charge in [-0.05, 0) is 141 Å². The zero-order valence-corrected chi connectivity index (χ0v) is 46.6. The first-order valence-corrected chi connectivity index (χ1v) is 30.6. The number of nitrogens with zero attached hydrogens (tertiary/aromatic N) is 2. The van der Waals surface area contributed by atoms with E-state index in [1.807, 2.05) is 0 Å². The molecule has 0 aliphatic heterocycles. The molecule has 0 heterocycles. The second kappa shape index (κ2) is 55.1. The maximum atomic E-state index is 12.9. The second-order valence-corrected chi connectivity index (χ2v) is 21.3. The zero-order valence-electron chi connectivity index (χ0n) is 46.6. The lowest BCUT2D eigenvalue weighted by atomic mass is 9.94. The lowest BCUT2D eigenvalue weighted by molar-refractivity contribution is -0.146. The van der Waals surface area contributed by atoms with Crippen molar-refractivity contribution in [1.82, 2.24) is 9.80 Å². The Labute approximate surface area is 425 Å². The third kappa shape index (κ3) is 48.4. The van der Waals surface area contributed by atoms with Gasteiger partial charge < -0.3 is 30.7 Å². The molecule has 0 fully saturated rings. The van der Waals surface area contributed by atoms with Crippen molar-refractivity contribution in [3.8, 4) is 0 Å². The fraction of sp³-hybridized carbons (Fsp3) is 0.967. The quantitative estimate of drug-likeness (QED) is 0.0458. The van der Waals surface area contributed by atoms with E-state index in [2.05, 4.69) is 37.5 Å². The van der Waals surface area contributed by atoms with E-state index in [1.165, 1.54) is 205 Å². The monoisotopic (exact) mass is 963 g/mol. The highest BCUT2D eigenvalue weighted by Gasteiger charge is 2.15. The highest BCUT2D eigenvalue weighted by Crippen LogP contribution is 2.22. The fourth-order valence-electron chi connectivity index (χ4n) is 9.93. The molecule has 0 amide bonds. The molecule has 2 atom stereocenters. The molecule has 2 unspecified atom stereocenters. The van der Waals surface area contributed by atoms with Crippen molar-refractivity contribution >= 4 is 11.9 Å². The third-order valence-electron chi connectivity index (χ3n) is 14.6. The predicted octanol–water partition coefficient (Wildman–Crippen LogP) is 16.3. The van der Waals surface area contributed by atoms with Gasteiger partial charge in [0.1, 0.15) is 0 Å². The van der Waals surface area contributed by atoms with Crippen LogP contribution in [-0.2, 0) is 19.1 Å². The van der Waals surface area contributed by atoms with Crippen molar-refractivity contribution in [3.63, 3.8) is 0 Å². The van der Waals surface area contributed by atoms with Gasteiger partial charge in [0.05, 0.1) is 13.2 Å². The summed E-state index contributed by atoms with van der Waals surface area (Å²) in [5, 5.41) is 0. The molecule has 8 nitrogen and oxygen atoms in total. The molecule has 0 aromatic carbocycles. The highest BCUT2D eigenvalue weighted by atomic mass is 16.5. The molecule has 0 aromatic heterocycles. The number of carbonyl (C=O) groups is 2. The summed E-state index contributed by atoms with van der Waals surface area (Å²) >= 11 is 0. The van der Waals surface area contributed by atoms with Crippen molar-refractivity contribution in [3.05, 3.63) is 0 Å². The Hall–Kier alpha value is -1.22. The van der Waals surface area contributed by atoms with Gasteiger partial charge in [0.15, 0.2) is 0 Å². The van der Waals surface area contributed by atoms with Crippen LogP contribution in [0.2, 0.25) is 0 Å². The summed E-state index contributed by atoms with van der Waals surface area (Å²) in [7, 11) is 0. The highest BCUT2D eigenvalue weighted by molar-refractivity contribution is 5.69. The normalized spacial score (nSPS) is 12.6. The summed E-state index contributed by atoms with van der Waals surface area (Å²) in [5.74, 6) is 1.02. The van der Waals surface area contributed by atoms with E-state index in [0.717, 1.165) is 90.6 Å². The molecule has 406 valence electrons. The Morgan fingerprint density at radius 2 is 0.559 bits per heavy atom. The molecule has 0 spiro atoms. The summed E-state index contributed by atoms with van der Waals surface area (Å²) in [6.45, 7) is 18.0. The lowest BCUT2D eigenvalue weighted by Crippen LogP contribution is -2.31. The van der Waals surface area contributed by atoms with E-state index in [9.17, 15) is 9.59 Å². The van der Waals surface area contributed by atoms with E-state index in [0.29, 0.717) is 51.0 Å². The molecule has 0 saturated heterocycles. The SMILES string of the molecule is CCCCCCCCCCC(CCCCCCCC)COC(=O)CCCCN(CCCN)CCCCN(CCCN)CCCCC(=O)OCC(CCCCCCCC)CCCCCCCCCC. The smallest absolute Gasteiger partial charge is 0.305 e. The molecular formula is C60H122N4O4. The van der Waals surface area contributed by atoms with Crippen LogP contribution in [0.5, 0.6) is 0 Å². The van der Waals surface area contributed by atoms with Gasteiger partial charge in [-0.1, -0.05) is 207 Å². The van der Waals surface area contributed by atoms with Crippen LogP contribution in [0.4, 0.5) is 0 Å². The second-order valence-electron chi connectivity index (χ2n) is 21.3.